The van der Waals surface area contributed by atoms with Crippen LogP contribution in [0.4, 0.5) is 0 Å². The fourth-order valence-electron chi connectivity index (χ4n) is 1.91. The summed E-state index contributed by atoms with van der Waals surface area (Å²) >= 11 is 0. The summed E-state index contributed by atoms with van der Waals surface area (Å²) in [4.78, 5) is 10.6. The van der Waals surface area contributed by atoms with Crippen molar-refractivity contribution in [3.8, 4) is 6.07 Å². The molecule has 0 saturated heterocycles. The molecule has 1 rings (SSSR count). The first kappa shape index (κ1) is 18.7. The molecule has 0 bridgehead atoms. The lowest BCUT2D eigenvalue weighted by Crippen LogP contribution is -2.39. The Bertz CT molecular complexity index is 558. The minimum atomic E-state index is -1.49. The number of hydrogen-bond donors (Lipinski definition) is 1. The predicted molar refractivity (Wildman–Crippen MR) is 84.8 cm³/mol. The second kappa shape index (κ2) is 9.62. The highest BCUT2D eigenvalue weighted by Gasteiger charge is 2.38. The lowest BCUT2D eigenvalue weighted by Gasteiger charge is -2.34. The Labute approximate surface area is 136 Å². The zero-order chi connectivity index (χ0) is 17.1. The van der Waals surface area contributed by atoms with E-state index in [2.05, 4.69) is 5.32 Å². The van der Waals surface area contributed by atoms with Crippen molar-refractivity contribution >= 4 is 6.29 Å². The molecular weight excluding hydrogens is 296 g/mol. The number of nitriles is 1. The van der Waals surface area contributed by atoms with Crippen molar-refractivity contribution in [2.45, 2.75) is 26.7 Å². The maximum Gasteiger partial charge on any atom is 0.357 e. The van der Waals surface area contributed by atoms with Gasteiger partial charge in [0.15, 0.2) is 0 Å². The van der Waals surface area contributed by atoms with E-state index >= 15 is 0 Å². The van der Waals surface area contributed by atoms with Crippen molar-refractivity contribution in [1.29, 1.82) is 5.26 Å². The van der Waals surface area contributed by atoms with Crippen LogP contribution in [-0.2, 0) is 25.0 Å². The van der Waals surface area contributed by atoms with Crippen LogP contribution in [0.15, 0.2) is 41.8 Å². The average Bonchev–Trinajstić information content (AvgIpc) is 2.59. The lowest BCUT2D eigenvalue weighted by molar-refractivity contribution is -0.378. The summed E-state index contributed by atoms with van der Waals surface area (Å²) in [6.07, 6.45) is 0.680. The van der Waals surface area contributed by atoms with Crippen LogP contribution >= 0.6 is 0 Å². The molecule has 6 nitrogen and oxygen atoms in total. The molecule has 0 heterocycles. The zero-order valence-electron chi connectivity index (χ0n) is 13.7. The number of carbonyl (C=O) groups is 1. The van der Waals surface area contributed by atoms with Crippen LogP contribution in [0.1, 0.15) is 26.3 Å². The number of ether oxygens (including phenoxy) is 3. The molecule has 0 fully saturated rings. The molecule has 0 aliphatic rings. The topological polar surface area (TPSA) is 80.6 Å². The molecular formula is C17H22N2O4. The quantitative estimate of drug-likeness (QED) is 0.309. The number of carbonyl (C=O) groups excluding carboxylic acids is 1. The van der Waals surface area contributed by atoms with Crippen LogP contribution in [0.25, 0.3) is 0 Å². The first-order valence-corrected chi connectivity index (χ1v) is 7.44. The lowest BCUT2D eigenvalue weighted by atomic mass is 10.2. The van der Waals surface area contributed by atoms with Crippen molar-refractivity contribution in [2.24, 2.45) is 0 Å². The number of hydrogen-bond acceptors (Lipinski definition) is 6. The third-order valence-electron chi connectivity index (χ3n) is 2.89. The summed E-state index contributed by atoms with van der Waals surface area (Å²) in [5.74, 6) is -1.35. The van der Waals surface area contributed by atoms with Crippen molar-refractivity contribution in [2.75, 3.05) is 19.8 Å². The van der Waals surface area contributed by atoms with Gasteiger partial charge in [-0.3, -0.25) is 0 Å². The third-order valence-corrected chi connectivity index (χ3v) is 2.89. The molecule has 0 saturated carbocycles. The average molecular weight is 318 g/mol. The smallest absolute Gasteiger partial charge is 0.357 e. The standard InChI is InChI=1S/C17H22N2O4/c1-4-21-17(22-5-2,15-9-7-6-8-10-15)23-16(14(3)13-18)19-11-12-20/h6-10,12,19H,4-5,11H2,1-3H3/b16-14-. The molecule has 0 spiro atoms. The molecule has 1 aromatic rings. The number of benzene rings is 1. The van der Waals surface area contributed by atoms with Gasteiger partial charge < -0.3 is 24.3 Å². The molecule has 0 aromatic heterocycles. The van der Waals surface area contributed by atoms with Gasteiger partial charge in [-0.2, -0.15) is 5.26 Å². The fraction of sp³-hybridized carbons (Fsp3) is 0.412. The van der Waals surface area contributed by atoms with Crippen LogP contribution in [0.3, 0.4) is 0 Å². The van der Waals surface area contributed by atoms with E-state index in [-0.39, 0.29) is 18.0 Å². The number of aldehydes is 1. The maximum absolute atomic E-state index is 10.6. The molecule has 6 heteroatoms. The summed E-state index contributed by atoms with van der Waals surface area (Å²) in [7, 11) is 0. The second-order valence-electron chi connectivity index (χ2n) is 4.50. The number of rotatable bonds is 10. The predicted octanol–water partition coefficient (Wildman–Crippen LogP) is 2.43. The van der Waals surface area contributed by atoms with Crippen LogP contribution in [0.2, 0.25) is 0 Å². The molecule has 0 aliphatic heterocycles. The summed E-state index contributed by atoms with van der Waals surface area (Å²) < 4.78 is 17.4. The van der Waals surface area contributed by atoms with E-state index in [4.69, 9.17) is 19.5 Å². The highest BCUT2D eigenvalue weighted by atomic mass is 16.9. The zero-order valence-corrected chi connectivity index (χ0v) is 13.7. The highest BCUT2D eigenvalue weighted by molar-refractivity contribution is 5.52. The van der Waals surface area contributed by atoms with Crippen LogP contribution in [0.5, 0.6) is 0 Å². The molecule has 0 radical (unpaired) electrons. The van der Waals surface area contributed by atoms with Crippen molar-refractivity contribution in [3.63, 3.8) is 0 Å². The Kier molecular flexibility index (Phi) is 7.81. The molecule has 1 aromatic carbocycles. The Morgan fingerprint density at radius 1 is 1.26 bits per heavy atom. The van der Waals surface area contributed by atoms with Gasteiger partial charge in [-0.15, -0.1) is 0 Å². The second-order valence-corrected chi connectivity index (χ2v) is 4.50. The Hall–Kier alpha value is -2.36. The number of nitrogens with zero attached hydrogens (tertiary/aromatic N) is 1. The van der Waals surface area contributed by atoms with E-state index in [9.17, 15) is 4.79 Å². The molecule has 124 valence electrons. The molecule has 0 atom stereocenters. The fourth-order valence-corrected chi connectivity index (χ4v) is 1.91. The van der Waals surface area contributed by atoms with E-state index in [0.29, 0.717) is 25.1 Å². The van der Waals surface area contributed by atoms with E-state index in [0.717, 1.165) is 0 Å². The van der Waals surface area contributed by atoms with Gasteiger partial charge in [0, 0.05) is 0 Å². The van der Waals surface area contributed by atoms with Gasteiger partial charge in [-0.05, 0) is 32.9 Å². The monoisotopic (exact) mass is 318 g/mol. The van der Waals surface area contributed by atoms with Crippen molar-refractivity contribution < 1.29 is 19.0 Å². The number of nitrogens with one attached hydrogen (secondary N) is 1. The number of allylic oxidation sites excluding steroid dienone is 1. The molecule has 0 amide bonds. The van der Waals surface area contributed by atoms with Gasteiger partial charge in [-0.1, -0.05) is 18.2 Å². The summed E-state index contributed by atoms with van der Waals surface area (Å²) in [6.45, 7) is 5.90. The van der Waals surface area contributed by atoms with Gasteiger partial charge in [0.1, 0.15) is 6.29 Å². The normalized spacial score (nSPS) is 12.1. The van der Waals surface area contributed by atoms with Gasteiger partial charge in [-0.25, -0.2) is 0 Å². The Morgan fingerprint density at radius 2 is 1.87 bits per heavy atom. The molecule has 0 unspecified atom stereocenters. The SMILES string of the molecule is CCOC(OCC)(O/C(NCC=O)=C(/C)C#N)c1ccccc1. The van der Waals surface area contributed by atoms with Crippen molar-refractivity contribution in [1.82, 2.24) is 5.32 Å². The summed E-state index contributed by atoms with van der Waals surface area (Å²) in [5.41, 5.74) is 0.936. The largest absolute Gasteiger partial charge is 0.419 e. The van der Waals surface area contributed by atoms with E-state index < -0.39 is 5.97 Å². The van der Waals surface area contributed by atoms with Crippen LogP contribution < -0.4 is 5.32 Å². The van der Waals surface area contributed by atoms with Gasteiger partial charge >= 0.3 is 5.97 Å². The van der Waals surface area contributed by atoms with E-state index in [1.165, 1.54) is 0 Å². The van der Waals surface area contributed by atoms with Crippen molar-refractivity contribution in [3.05, 3.63) is 47.4 Å². The minimum Gasteiger partial charge on any atom is -0.419 e. The first-order valence-electron chi connectivity index (χ1n) is 7.44. The summed E-state index contributed by atoms with van der Waals surface area (Å²) in [6, 6.07) is 11.2. The van der Waals surface area contributed by atoms with Gasteiger partial charge in [0.05, 0.1) is 37.0 Å². The molecule has 23 heavy (non-hydrogen) atoms. The van der Waals surface area contributed by atoms with Crippen LogP contribution in [0, 0.1) is 11.3 Å². The minimum absolute atomic E-state index is 0.0114. The summed E-state index contributed by atoms with van der Waals surface area (Å²) in [5, 5.41) is 11.9. The Balaban J connectivity index is 3.27. The van der Waals surface area contributed by atoms with E-state index in [1.807, 2.05) is 50.2 Å². The third kappa shape index (κ3) is 5.09. The highest BCUT2D eigenvalue weighted by Crippen LogP contribution is 2.31. The van der Waals surface area contributed by atoms with Gasteiger partial charge in [0.2, 0.25) is 5.88 Å². The Morgan fingerprint density at radius 3 is 2.35 bits per heavy atom. The van der Waals surface area contributed by atoms with Gasteiger partial charge in [0.25, 0.3) is 0 Å². The molecule has 0 aliphatic carbocycles. The first-order chi connectivity index (χ1) is 11.1. The van der Waals surface area contributed by atoms with Crippen LogP contribution in [-0.4, -0.2) is 26.0 Å². The van der Waals surface area contributed by atoms with E-state index in [1.54, 1.807) is 6.92 Å². The maximum atomic E-state index is 10.6. The molecule has 1 N–H and O–H groups in total.